The molecule has 0 spiro atoms. The zero-order valence-corrected chi connectivity index (χ0v) is 12.8. The minimum absolute atomic E-state index is 0.248. The Balaban J connectivity index is 2.01. The molecule has 0 N–H and O–H groups in total. The number of hydrogen-bond donors (Lipinski definition) is 0. The van der Waals surface area contributed by atoms with Crippen molar-refractivity contribution in [3.63, 3.8) is 0 Å². The number of ether oxygens (including phenoxy) is 1. The van der Waals surface area contributed by atoms with Crippen molar-refractivity contribution in [2.75, 3.05) is 0 Å². The van der Waals surface area contributed by atoms with Gasteiger partial charge in [0.05, 0.1) is 0 Å². The molecule has 112 valence electrons. The van der Waals surface area contributed by atoms with E-state index in [-0.39, 0.29) is 5.75 Å². The highest BCUT2D eigenvalue weighted by Crippen LogP contribution is 2.32. The lowest BCUT2D eigenvalue weighted by Gasteiger charge is -2.10. The predicted octanol–water partition coefficient (Wildman–Crippen LogP) is 6.18. The van der Waals surface area contributed by atoms with Gasteiger partial charge in [-0.2, -0.15) is 0 Å². The van der Waals surface area contributed by atoms with E-state index < -0.39 is 6.36 Å². The molecule has 0 aliphatic heterocycles. The Morgan fingerprint density at radius 2 is 1.52 bits per heavy atom. The summed E-state index contributed by atoms with van der Waals surface area (Å²) < 4.78 is 39.9. The van der Waals surface area contributed by atoms with Crippen LogP contribution in [-0.2, 0) is 5.75 Å². The van der Waals surface area contributed by atoms with Crippen LogP contribution in [0.1, 0.15) is 5.56 Å². The van der Waals surface area contributed by atoms with Crippen molar-refractivity contribution in [2.24, 2.45) is 0 Å². The van der Waals surface area contributed by atoms with Gasteiger partial charge in [-0.3, -0.25) is 0 Å². The van der Waals surface area contributed by atoms with Crippen molar-refractivity contribution in [2.45, 2.75) is 17.0 Å². The molecule has 0 bridgehead atoms. The first-order valence-corrected chi connectivity index (χ1v) is 7.51. The number of alkyl halides is 3. The number of halogens is 5. The van der Waals surface area contributed by atoms with Gasteiger partial charge in [0.2, 0.25) is 0 Å². The van der Waals surface area contributed by atoms with Crippen LogP contribution in [0.2, 0.25) is 10.0 Å². The second-order valence-electron chi connectivity index (χ2n) is 4.01. The maximum absolute atomic E-state index is 12.0. The number of rotatable bonds is 4. The Morgan fingerprint density at radius 3 is 2.05 bits per heavy atom. The molecule has 2 aromatic carbocycles. The summed E-state index contributed by atoms with van der Waals surface area (Å²) in [5, 5.41) is 1.12. The maximum Gasteiger partial charge on any atom is 0.573 e. The van der Waals surface area contributed by atoms with Gasteiger partial charge < -0.3 is 4.74 Å². The first kappa shape index (κ1) is 16.3. The van der Waals surface area contributed by atoms with Crippen molar-refractivity contribution in [3.05, 3.63) is 58.1 Å². The molecular weight excluding hydrogens is 344 g/mol. The third-order valence-electron chi connectivity index (χ3n) is 2.50. The van der Waals surface area contributed by atoms with E-state index in [2.05, 4.69) is 4.74 Å². The first-order chi connectivity index (χ1) is 9.85. The third-order valence-corrected chi connectivity index (χ3v) is 4.25. The summed E-state index contributed by atoms with van der Waals surface area (Å²) in [6.45, 7) is 0. The molecule has 0 aliphatic rings. The van der Waals surface area contributed by atoms with Gasteiger partial charge in [-0.05, 0) is 42.0 Å². The molecule has 2 rings (SSSR count). The van der Waals surface area contributed by atoms with E-state index in [0.29, 0.717) is 15.8 Å². The van der Waals surface area contributed by atoms with Gasteiger partial charge in [-0.1, -0.05) is 29.3 Å². The molecular formula is C14H9Cl2F3OS. The first-order valence-electron chi connectivity index (χ1n) is 5.76. The monoisotopic (exact) mass is 352 g/mol. The topological polar surface area (TPSA) is 9.23 Å². The molecule has 21 heavy (non-hydrogen) atoms. The fraction of sp³-hybridized carbons (Fsp3) is 0.143. The molecule has 0 aromatic heterocycles. The van der Waals surface area contributed by atoms with Gasteiger partial charge in [0.1, 0.15) is 5.75 Å². The Kier molecular flexibility index (Phi) is 5.30. The molecule has 1 nitrogen and oxygen atoms in total. The van der Waals surface area contributed by atoms with Gasteiger partial charge in [-0.25, -0.2) is 0 Å². The van der Waals surface area contributed by atoms with Crippen LogP contribution >= 0.6 is 35.0 Å². The standard InChI is InChI=1S/C14H9Cl2F3OS/c15-12-2-1-3-13(16)11(12)8-21-10-6-4-9(5-7-10)20-14(17,18)19/h1-7H,8H2. The van der Waals surface area contributed by atoms with Crippen molar-refractivity contribution >= 4 is 35.0 Å². The molecule has 0 radical (unpaired) electrons. The zero-order chi connectivity index (χ0) is 15.5. The molecule has 2 aromatic rings. The minimum atomic E-state index is -4.68. The van der Waals surface area contributed by atoms with Gasteiger partial charge >= 0.3 is 6.36 Å². The molecule has 0 aliphatic carbocycles. The summed E-state index contributed by atoms with van der Waals surface area (Å²) in [6, 6.07) is 10.9. The van der Waals surface area contributed by atoms with Gasteiger partial charge in [0, 0.05) is 20.7 Å². The molecule has 0 saturated carbocycles. The van der Waals surface area contributed by atoms with Crippen molar-refractivity contribution in [1.82, 2.24) is 0 Å². The SMILES string of the molecule is FC(F)(F)Oc1ccc(SCc2c(Cl)cccc2Cl)cc1. The zero-order valence-electron chi connectivity index (χ0n) is 10.5. The van der Waals surface area contributed by atoms with Crippen molar-refractivity contribution in [3.8, 4) is 5.75 Å². The summed E-state index contributed by atoms with van der Waals surface area (Å²) in [7, 11) is 0. The van der Waals surface area contributed by atoms with Crippen LogP contribution in [0.4, 0.5) is 13.2 Å². The molecule has 7 heteroatoms. The van der Waals surface area contributed by atoms with Crippen LogP contribution in [-0.4, -0.2) is 6.36 Å². The average Bonchev–Trinajstić information content (AvgIpc) is 2.38. The average molecular weight is 353 g/mol. The van der Waals surface area contributed by atoms with Gasteiger partial charge in [0.25, 0.3) is 0 Å². The van der Waals surface area contributed by atoms with E-state index in [0.717, 1.165) is 10.5 Å². The second-order valence-corrected chi connectivity index (χ2v) is 5.87. The quantitative estimate of drug-likeness (QED) is 0.607. The highest BCUT2D eigenvalue weighted by Gasteiger charge is 2.30. The predicted molar refractivity (Wildman–Crippen MR) is 79.1 cm³/mol. The lowest BCUT2D eigenvalue weighted by Crippen LogP contribution is -2.16. The molecule has 0 heterocycles. The van der Waals surface area contributed by atoms with E-state index in [1.54, 1.807) is 30.3 Å². The normalized spacial score (nSPS) is 11.5. The minimum Gasteiger partial charge on any atom is -0.406 e. The van der Waals surface area contributed by atoms with E-state index in [9.17, 15) is 13.2 Å². The summed E-state index contributed by atoms with van der Waals surface area (Å²) >= 11 is 13.5. The molecule has 0 saturated heterocycles. The number of benzene rings is 2. The highest BCUT2D eigenvalue weighted by atomic mass is 35.5. The van der Waals surface area contributed by atoms with E-state index >= 15 is 0 Å². The van der Waals surface area contributed by atoms with Crippen LogP contribution in [0.5, 0.6) is 5.75 Å². The highest BCUT2D eigenvalue weighted by molar-refractivity contribution is 7.98. The van der Waals surface area contributed by atoms with E-state index in [1.165, 1.54) is 23.9 Å². The van der Waals surface area contributed by atoms with E-state index in [1.807, 2.05) is 0 Å². The Morgan fingerprint density at radius 1 is 0.952 bits per heavy atom. The summed E-state index contributed by atoms with van der Waals surface area (Å²) in [5.41, 5.74) is 0.793. The van der Waals surface area contributed by atoms with Gasteiger partial charge in [0.15, 0.2) is 0 Å². The lowest BCUT2D eigenvalue weighted by molar-refractivity contribution is -0.274. The molecule has 0 fully saturated rings. The van der Waals surface area contributed by atoms with Crippen LogP contribution in [0.3, 0.4) is 0 Å². The summed E-state index contributed by atoms with van der Waals surface area (Å²) in [6.07, 6.45) is -4.68. The van der Waals surface area contributed by atoms with Crippen LogP contribution in [0, 0.1) is 0 Å². The lowest BCUT2D eigenvalue weighted by atomic mass is 10.2. The van der Waals surface area contributed by atoms with Crippen LogP contribution in [0.15, 0.2) is 47.4 Å². The smallest absolute Gasteiger partial charge is 0.406 e. The van der Waals surface area contributed by atoms with Crippen molar-refractivity contribution < 1.29 is 17.9 Å². The maximum atomic E-state index is 12.0. The largest absolute Gasteiger partial charge is 0.573 e. The summed E-state index contributed by atoms with van der Waals surface area (Å²) in [4.78, 5) is 0.792. The fourth-order valence-electron chi connectivity index (χ4n) is 1.56. The molecule has 0 atom stereocenters. The molecule has 0 amide bonds. The molecule has 0 unspecified atom stereocenters. The Labute approximate surface area is 134 Å². The summed E-state index contributed by atoms with van der Waals surface area (Å²) in [5.74, 6) is 0.278. The number of hydrogen-bond acceptors (Lipinski definition) is 2. The van der Waals surface area contributed by atoms with E-state index in [4.69, 9.17) is 23.2 Å². The Bertz CT molecular complexity index is 594. The second kappa shape index (κ2) is 6.81. The van der Waals surface area contributed by atoms with Crippen LogP contribution < -0.4 is 4.74 Å². The number of thioether (sulfide) groups is 1. The van der Waals surface area contributed by atoms with Crippen LogP contribution in [0.25, 0.3) is 0 Å². The Hall–Kier alpha value is -1.04. The fourth-order valence-corrected chi connectivity index (χ4v) is 3.20. The third kappa shape index (κ3) is 5.02. The van der Waals surface area contributed by atoms with Crippen molar-refractivity contribution in [1.29, 1.82) is 0 Å². The van der Waals surface area contributed by atoms with Gasteiger partial charge in [-0.15, -0.1) is 24.9 Å².